The average Bonchev–Trinajstić information content (AvgIpc) is 2.32. The maximum atomic E-state index is 13.3. The maximum Gasteiger partial charge on any atom is 0.243 e. The molecule has 6 heteroatoms. The number of rotatable bonds is 2. The Labute approximate surface area is 107 Å². The Morgan fingerprint density at radius 1 is 1.44 bits per heavy atom. The average molecular weight is 272 g/mol. The highest BCUT2D eigenvalue weighted by Gasteiger charge is 2.28. The zero-order chi connectivity index (χ0) is 13.3. The van der Waals surface area contributed by atoms with Crippen molar-refractivity contribution in [1.29, 1.82) is 0 Å². The van der Waals surface area contributed by atoms with E-state index in [0.29, 0.717) is 19.0 Å². The van der Waals surface area contributed by atoms with E-state index in [9.17, 15) is 12.8 Å². The second-order valence-electron chi connectivity index (χ2n) is 4.79. The monoisotopic (exact) mass is 272 g/mol. The Kier molecular flexibility index (Phi) is 3.59. The molecule has 1 aliphatic heterocycles. The van der Waals surface area contributed by atoms with Crippen LogP contribution in [0, 0.1) is 11.7 Å². The molecule has 1 unspecified atom stereocenters. The van der Waals surface area contributed by atoms with E-state index in [1.807, 2.05) is 6.92 Å². The normalized spacial score (nSPS) is 22.0. The zero-order valence-electron chi connectivity index (χ0n) is 10.3. The fourth-order valence-electron chi connectivity index (χ4n) is 2.18. The van der Waals surface area contributed by atoms with Gasteiger partial charge in [0.2, 0.25) is 10.0 Å². The van der Waals surface area contributed by atoms with Crippen molar-refractivity contribution in [2.45, 2.75) is 24.7 Å². The fourth-order valence-corrected chi connectivity index (χ4v) is 3.79. The van der Waals surface area contributed by atoms with Gasteiger partial charge in [-0.25, -0.2) is 12.8 Å². The largest absolute Gasteiger partial charge is 0.396 e. The Morgan fingerprint density at radius 3 is 2.78 bits per heavy atom. The van der Waals surface area contributed by atoms with E-state index in [1.54, 1.807) is 0 Å². The molecule has 1 atom stereocenters. The van der Waals surface area contributed by atoms with Gasteiger partial charge in [0.1, 0.15) is 5.82 Å². The van der Waals surface area contributed by atoms with Crippen LogP contribution in [0.3, 0.4) is 0 Å². The number of hydrogen-bond acceptors (Lipinski definition) is 3. The first-order valence-electron chi connectivity index (χ1n) is 5.96. The number of sulfonamides is 1. The molecule has 2 rings (SSSR count). The summed E-state index contributed by atoms with van der Waals surface area (Å²) in [6.45, 7) is 3.01. The molecule has 0 spiro atoms. The molecule has 1 saturated heterocycles. The summed E-state index contributed by atoms with van der Waals surface area (Å²) in [7, 11) is -3.60. The molecule has 1 aromatic carbocycles. The van der Waals surface area contributed by atoms with E-state index < -0.39 is 15.8 Å². The minimum Gasteiger partial charge on any atom is -0.396 e. The van der Waals surface area contributed by atoms with Crippen LogP contribution >= 0.6 is 0 Å². The van der Waals surface area contributed by atoms with Crippen molar-refractivity contribution in [3.63, 3.8) is 0 Å². The van der Waals surface area contributed by atoms with Gasteiger partial charge in [0.25, 0.3) is 0 Å². The SMILES string of the molecule is CC1CCCN(S(=O)(=O)c2ccc(N)c(F)c2)C1. The van der Waals surface area contributed by atoms with Crippen LogP contribution in [0.25, 0.3) is 0 Å². The zero-order valence-corrected chi connectivity index (χ0v) is 11.1. The summed E-state index contributed by atoms with van der Waals surface area (Å²) < 4.78 is 39.4. The summed E-state index contributed by atoms with van der Waals surface area (Å²) in [5, 5.41) is 0. The summed E-state index contributed by atoms with van der Waals surface area (Å²) in [5.41, 5.74) is 5.31. The van der Waals surface area contributed by atoms with Gasteiger partial charge in [0.15, 0.2) is 0 Å². The summed E-state index contributed by atoms with van der Waals surface area (Å²) in [4.78, 5) is -0.0247. The van der Waals surface area contributed by atoms with Crippen LogP contribution in [-0.4, -0.2) is 25.8 Å². The third-order valence-corrected chi connectivity index (χ3v) is 5.09. The first-order valence-corrected chi connectivity index (χ1v) is 7.40. The van der Waals surface area contributed by atoms with Crippen LogP contribution in [0.15, 0.2) is 23.1 Å². The number of anilines is 1. The van der Waals surface area contributed by atoms with Gasteiger partial charge in [-0.1, -0.05) is 6.92 Å². The lowest BCUT2D eigenvalue weighted by Crippen LogP contribution is -2.39. The molecule has 100 valence electrons. The number of nitrogens with two attached hydrogens (primary N) is 1. The first kappa shape index (κ1) is 13.3. The van der Waals surface area contributed by atoms with Crippen LogP contribution in [0.4, 0.5) is 10.1 Å². The van der Waals surface area contributed by atoms with Gasteiger partial charge >= 0.3 is 0 Å². The molecule has 0 radical (unpaired) electrons. The predicted molar refractivity (Wildman–Crippen MR) is 68.0 cm³/mol. The topological polar surface area (TPSA) is 63.4 Å². The lowest BCUT2D eigenvalue weighted by atomic mass is 10.0. The van der Waals surface area contributed by atoms with Crippen LogP contribution in [-0.2, 0) is 10.0 Å². The minimum absolute atomic E-state index is 0.0247. The second kappa shape index (κ2) is 4.85. The molecule has 0 aliphatic carbocycles. The minimum atomic E-state index is -3.60. The summed E-state index contributed by atoms with van der Waals surface area (Å²) in [5.74, 6) is -0.353. The second-order valence-corrected chi connectivity index (χ2v) is 6.73. The van der Waals surface area contributed by atoms with Gasteiger partial charge < -0.3 is 5.73 Å². The molecular weight excluding hydrogens is 255 g/mol. The molecule has 0 aromatic heterocycles. The molecule has 0 saturated carbocycles. The summed E-state index contributed by atoms with van der Waals surface area (Å²) in [6, 6.07) is 3.63. The lowest BCUT2D eigenvalue weighted by molar-refractivity contribution is 0.281. The fraction of sp³-hybridized carbons (Fsp3) is 0.500. The van der Waals surface area contributed by atoms with Crippen molar-refractivity contribution >= 4 is 15.7 Å². The van der Waals surface area contributed by atoms with Crippen molar-refractivity contribution in [3.05, 3.63) is 24.0 Å². The number of hydrogen-bond donors (Lipinski definition) is 1. The van der Waals surface area contributed by atoms with Crippen molar-refractivity contribution in [1.82, 2.24) is 4.31 Å². The van der Waals surface area contributed by atoms with Crippen molar-refractivity contribution in [2.24, 2.45) is 5.92 Å². The van der Waals surface area contributed by atoms with E-state index in [2.05, 4.69) is 0 Å². The van der Waals surface area contributed by atoms with E-state index >= 15 is 0 Å². The summed E-state index contributed by atoms with van der Waals surface area (Å²) >= 11 is 0. The van der Waals surface area contributed by atoms with Crippen LogP contribution in [0.2, 0.25) is 0 Å². The van der Waals surface area contributed by atoms with Crippen molar-refractivity contribution in [2.75, 3.05) is 18.8 Å². The molecule has 1 aliphatic rings. The quantitative estimate of drug-likeness (QED) is 0.835. The van der Waals surface area contributed by atoms with Crippen molar-refractivity contribution in [3.8, 4) is 0 Å². The van der Waals surface area contributed by atoms with E-state index in [-0.39, 0.29) is 10.6 Å². The van der Waals surface area contributed by atoms with Gasteiger partial charge in [0, 0.05) is 13.1 Å². The first-order chi connectivity index (χ1) is 8.41. The van der Waals surface area contributed by atoms with E-state index in [1.165, 1.54) is 16.4 Å². The highest BCUT2D eigenvalue weighted by molar-refractivity contribution is 7.89. The number of halogens is 1. The number of nitrogen functional groups attached to an aromatic ring is 1. The smallest absolute Gasteiger partial charge is 0.243 e. The lowest BCUT2D eigenvalue weighted by Gasteiger charge is -2.30. The van der Waals surface area contributed by atoms with Gasteiger partial charge in [-0.15, -0.1) is 0 Å². The molecular formula is C12H17FN2O2S. The molecule has 1 aromatic rings. The third kappa shape index (κ3) is 2.49. The van der Waals surface area contributed by atoms with Crippen molar-refractivity contribution < 1.29 is 12.8 Å². The number of piperidine rings is 1. The van der Waals surface area contributed by atoms with Gasteiger partial charge in [0.05, 0.1) is 10.6 Å². The molecule has 1 heterocycles. The van der Waals surface area contributed by atoms with Crippen LogP contribution in [0.1, 0.15) is 19.8 Å². The molecule has 1 fully saturated rings. The predicted octanol–water partition coefficient (Wildman–Crippen LogP) is 1.83. The highest BCUT2D eigenvalue weighted by Crippen LogP contribution is 2.24. The molecule has 0 bridgehead atoms. The number of nitrogens with zero attached hydrogens (tertiary/aromatic N) is 1. The Balaban J connectivity index is 2.32. The van der Waals surface area contributed by atoms with E-state index in [0.717, 1.165) is 18.9 Å². The van der Waals surface area contributed by atoms with Crippen LogP contribution < -0.4 is 5.73 Å². The number of benzene rings is 1. The van der Waals surface area contributed by atoms with E-state index in [4.69, 9.17) is 5.73 Å². The molecule has 4 nitrogen and oxygen atoms in total. The van der Waals surface area contributed by atoms with Gasteiger partial charge in [-0.3, -0.25) is 0 Å². The van der Waals surface area contributed by atoms with Gasteiger partial charge in [-0.05, 0) is 37.0 Å². The summed E-state index contributed by atoms with van der Waals surface area (Å²) in [6.07, 6.45) is 1.87. The Hall–Kier alpha value is -1.14. The molecule has 18 heavy (non-hydrogen) atoms. The van der Waals surface area contributed by atoms with Gasteiger partial charge in [-0.2, -0.15) is 4.31 Å². The maximum absolute atomic E-state index is 13.3. The standard InChI is InChI=1S/C12H17FN2O2S/c1-9-3-2-6-15(8-9)18(16,17)10-4-5-12(14)11(13)7-10/h4-5,7,9H,2-3,6,8,14H2,1H3. The Bertz CT molecular complexity index is 545. The van der Waals surface area contributed by atoms with Crippen LogP contribution in [0.5, 0.6) is 0 Å². The highest BCUT2D eigenvalue weighted by atomic mass is 32.2. The molecule has 0 amide bonds. The Morgan fingerprint density at radius 2 is 2.17 bits per heavy atom. The third-order valence-electron chi connectivity index (χ3n) is 3.23. The molecule has 2 N–H and O–H groups in total.